The highest BCUT2D eigenvalue weighted by Gasteiger charge is 2.31. The fraction of sp³-hybridized carbons (Fsp3) is 0.261. The van der Waals surface area contributed by atoms with Gasteiger partial charge in [0, 0.05) is 5.56 Å². The molecule has 31 heavy (non-hydrogen) atoms. The molecule has 0 bridgehead atoms. The van der Waals surface area contributed by atoms with E-state index in [1.54, 1.807) is 12.1 Å². The number of nitrogens with one attached hydrogen (secondary N) is 1. The first-order valence-corrected chi connectivity index (χ1v) is 9.97. The third-order valence-corrected chi connectivity index (χ3v) is 5.00. The molecular formula is C23H22N2O6. The molecule has 8 heteroatoms. The zero-order valence-corrected chi connectivity index (χ0v) is 17.0. The van der Waals surface area contributed by atoms with Crippen LogP contribution in [-0.2, 0) is 22.6 Å². The van der Waals surface area contributed by atoms with Gasteiger partial charge in [0.1, 0.15) is 18.1 Å². The third kappa shape index (κ3) is 4.85. The van der Waals surface area contributed by atoms with Gasteiger partial charge < -0.3 is 19.0 Å². The number of nitrogens with zero attached hydrogens (tertiary/aromatic N) is 1. The number of imide groups is 1. The maximum absolute atomic E-state index is 11.5. The molecule has 1 unspecified atom stereocenters. The number of oxazole rings is 1. The molecule has 1 fully saturated rings. The molecule has 1 aromatic heterocycles. The first-order chi connectivity index (χ1) is 15.0. The van der Waals surface area contributed by atoms with Crippen molar-refractivity contribution in [1.82, 2.24) is 10.3 Å². The first kappa shape index (κ1) is 20.5. The van der Waals surface area contributed by atoms with E-state index in [0.717, 1.165) is 11.1 Å². The zero-order chi connectivity index (χ0) is 21.8. The van der Waals surface area contributed by atoms with Crippen molar-refractivity contribution in [3.8, 4) is 23.0 Å². The minimum Gasteiger partial charge on any atom is -0.504 e. The Morgan fingerprint density at radius 3 is 2.68 bits per heavy atom. The Morgan fingerprint density at radius 1 is 1.16 bits per heavy atom. The number of alkyl carbamates (subject to hydrolysis) is 1. The molecule has 1 aliphatic rings. The summed E-state index contributed by atoms with van der Waals surface area (Å²) in [5.41, 5.74) is 2.43. The number of amides is 2. The Bertz CT molecular complexity index is 1090. The lowest BCUT2D eigenvalue weighted by atomic mass is 10.1. The molecule has 2 heterocycles. The Labute approximate surface area is 178 Å². The highest BCUT2D eigenvalue weighted by molar-refractivity contribution is 5.99. The molecule has 0 radical (unpaired) electrons. The number of phenols is 1. The van der Waals surface area contributed by atoms with Gasteiger partial charge in [0.15, 0.2) is 17.6 Å². The van der Waals surface area contributed by atoms with Gasteiger partial charge in [0.25, 0.3) is 5.91 Å². The van der Waals surface area contributed by atoms with Crippen molar-refractivity contribution in [3.63, 3.8) is 0 Å². The summed E-state index contributed by atoms with van der Waals surface area (Å²) in [7, 11) is 0. The number of carbonyl (C=O) groups excluding carboxylic acids is 2. The smallest absolute Gasteiger partial charge is 0.414 e. The van der Waals surface area contributed by atoms with Crippen LogP contribution in [0.15, 0.2) is 52.9 Å². The number of ether oxygens (including phenoxy) is 2. The van der Waals surface area contributed by atoms with Gasteiger partial charge in [-0.1, -0.05) is 24.3 Å². The van der Waals surface area contributed by atoms with Gasteiger partial charge >= 0.3 is 6.09 Å². The van der Waals surface area contributed by atoms with Gasteiger partial charge in [-0.25, -0.2) is 9.78 Å². The number of hydrogen-bond donors (Lipinski definition) is 2. The minimum atomic E-state index is -0.741. The van der Waals surface area contributed by atoms with E-state index in [-0.39, 0.29) is 12.4 Å². The normalized spacial score (nSPS) is 15.6. The summed E-state index contributed by atoms with van der Waals surface area (Å²) in [4.78, 5) is 27.0. The fourth-order valence-corrected chi connectivity index (χ4v) is 3.33. The van der Waals surface area contributed by atoms with Gasteiger partial charge in [-0.05, 0) is 56.0 Å². The predicted molar refractivity (Wildman–Crippen MR) is 110 cm³/mol. The zero-order valence-electron chi connectivity index (χ0n) is 17.0. The van der Waals surface area contributed by atoms with E-state index in [1.165, 1.54) is 0 Å². The summed E-state index contributed by atoms with van der Waals surface area (Å²) >= 11 is 0. The molecule has 0 saturated carbocycles. The number of hydrogen-bond acceptors (Lipinski definition) is 7. The summed E-state index contributed by atoms with van der Waals surface area (Å²) in [5, 5.41) is 12.4. The molecule has 1 aliphatic heterocycles. The summed E-state index contributed by atoms with van der Waals surface area (Å²) in [6.45, 7) is 1.99. The van der Waals surface area contributed by atoms with Crippen molar-refractivity contribution in [3.05, 3.63) is 65.5 Å². The van der Waals surface area contributed by atoms with Crippen LogP contribution in [-0.4, -0.2) is 28.2 Å². The van der Waals surface area contributed by atoms with E-state index in [4.69, 9.17) is 13.9 Å². The van der Waals surface area contributed by atoms with Crippen molar-refractivity contribution in [2.75, 3.05) is 0 Å². The van der Waals surface area contributed by atoms with E-state index in [1.807, 2.05) is 43.3 Å². The molecule has 160 valence electrons. The summed E-state index contributed by atoms with van der Waals surface area (Å²) in [5.74, 6) is 1.14. The summed E-state index contributed by atoms with van der Waals surface area (Å²) < 4.78 is 16.3. The number of carbonyl (C=O) groups is 2. The number of aromatic nitrogens is 1. The summed E-state index contributed by atoms with van der Waals surface area (Å²) in [6, 6.07) is 14.8. The lowest BCUT2D eigenvalue weighted by molar-refractivity contribution is -0.123. The topological polar surface area (TPSA) is 111 Å². The van der Waals surface area contributed by atoms with Gasteiger partial charge in [-0.2, -0.15) is 0 Å². The second-order valence-corrected chi connectivity index (χ2v) is 7.25. The monoisotopic (exact) mass is 422 g/mol. The number of aromatic hydroxyl groups is 1. The largest absolute Gasteiger partial charge is 0.504 e. The number of aryl methyl sites for hydroxylation is 2. The van der Waals surface area contributed by atoms with E-state index in [2.05, 4.69) is 10.3 Å². The average molecular weight is 422 g/mol. The number of cyclic esters (lactones) is 1. The Morgan fingerprint density at radius 2 is 1.97 bits per heavy atom. The molecular weight excluding hydrogens is 400 g/mol. The molecule has 3 aromatic rings. The molecule has 2 amide bonds. The second kappa shape index (κ2) is 8.91. The third-order valence-electron chi connectivity index (χ3n) is 5.00. The van der Waals surface area contributed by atoms with Crippen LogP contribution < -0.4 is 10.1 Å². The van der Waals surface area contributed by atoms with Crippen LogP contribution in [0.25, 0.3) is 11.5 Å². The van der Waals surface area contributed by atoms with Gasteiger partial charge in [0.05, 0.1) is 0 Å². The fourth-order valence-electron chi connectivity index (χ4n) is 3.33. The van der Waals surface area contributed by atoms with Crippen molar-refractivity contribution in [1.29, 1.82) is 0 Å². The van der Waals surface area contributed by atoms with Crippen molar-refractivity contribution < 1.29 is 28.6 Å². The molecule has 0 aliphatic carbocycles. The summed E-state index contributed by atoms with van der Waals surface area (Å²) in [6.07, 6.45) is 0.234. The average Bonchev–Trinajstić information content (AvgIpc) is 3.29. The van der Waals surface area contributed by atoms with Crippen molar-refractivity contribution >= 4 is 12.0 Å². The minimum absolute atomic E-state index is 0.0203. The van der Waals surface area contributed by atoms with E-state index in [0.29, 0.717) is 42.4 Å². The van der Waals surface area contributed by atoms with Crippen LogP contribution in [0.4, 0.5) is 4.79 Å². The molecule has 8 nitrogen and oxygen atoms in total. The van der Waals surface area contributed by atoms with Crippen LogP contribution in [0.2, 0.25) is 0 Å². The van der Waals surface area contributed by atoms with E-state index < -0.39 is 18.1 Å². The number of benzene rings is 2. The van der Waals surface area contributed by atoms with Crippen LogP contribution in [0.5, 0.6) is 11.5 Å². The van der Waals surface area contributed by atoms with Gasteiger partial charge in [0.2, 0.25) is 5.89 Å². The van der Waals surface area contributed by atoms with Crippen molar-refractivity contribution in [2.24, 2.45) is 0 Å². The van der Waals surface area contributed by atoms with Crippen LogP contribution >= 0.6 is 0 Å². The van der Waals surface area contributed by atoms with E-state index >= 15 is 0 Å². The molecule has 4 rings (SSSR count). The Hall–Kier alpha value is -3.81. The van der Waals surface area contributed by atoms with Gasteiger partial charge in [-0.3, -0.25) is 10.1 Å². The Balaban J connectivity index is 1.32. The quantitative estimate of drug-likeness (QED) is 0.566. The molecule has 1 atom stereocenters. The molecule has 2 N–H and O–H groups in total. The molecule has 0 spiro atoms. The SMILES string of the molecule is Cc1oc(-c2ccccc2)nc1COc1ccc(CCCC2OC(=O)NC2=O)cc1O. The predicted octanol–water partition coefficient (Wildman–Crippen LogP) is 3.89. The Kier molecular flexibility index (Phi) is 5.88. The van der Waals surface area contributed by atoms with Crippen molar-refractivity contribution in [2.45, 2.75) is 38.9 Å². The molecule has 1 saturated heterocycles. The second-order valence-electron chi connectivity index (χ2n) is 7.25. The highest BCUT2D eigenvalue weighted by Crippen LogP contribution is 2.29. The van der Waals surface area contributed by atoms with Crippen LogP contribution in [0.3, 0.4) is 0 Å². The maximum atomic E-state index is 11.5. The highest BCUT2D eigenvalue weighted by atomic mass is 16.6. The van der Waals surface area contributed by atoms with Gasteiger partial charge in [-0.15, -0.1) is 0 Å². The van der Waals surface area contributed by atoms with Crippen LogP contribution in [0, 0.1) is 6.92 Å². The molecule has 2 aromatic carbocycles. The number of phenolic OH excluding ortho intramolecular Hbond substituents is 1. The van der Waals surface area contributed by atoms with E-state index in [9.17, 15) is 14.7 Å². The first-order valence-electron chi connectivity index (χ1n) is 9.97. The lowest BCUT2D eigenvalue weighted by Gasteiger charge is -2.10. The lowest BCUT2D eigenvalue weighted by Crippen LogP contribution is -2.24. The standard InChI is InChI=1S/C23H22N2O6/c1-14-17(24-22(30-14)16-7-3-2-4-8-16)13-29-19-11-10-15(12-18(19)26)6-5-9-20-21(27)25-23(28)31-20/h2-4,7-8,10-12,20,26H,5-6,9,13H2,1H3,(H,25,27,28). The maximum Gasteiger partial charge on any atom is 0.414 e. The number of rotatable bonds is 8. The van der Waals surface area contributed by atoms with Crippen LogP contribution in [0.1, 0.15) is 29.9 Å².